The van der Waals surface area contributed by atoms with Crippen LogP contribution in [0.15, 0.2) is 12.3 Å². The molecule has 4 nitrogen and oxygen atoms in total. The summed E-state index contributed by atoms with van der Waals surface area (Å²) in [5.74, 6) is 0.708. The first kappa shape index (κ1) is 11.6. The van der Waals surface area contributed by atoms with E-state index in [-0.39, 0.29) is 0 Å². The van der Waals surface area contributed by atoms with E-state index in [0.717, 1.165) is 19.6 Å². The summed E-state index contributed by atoms with van der Waals surface area (Å²) >= 11 is 0. The number of hydrogen-bond donors (Lipinski definition) is 1. The van der Waals surface area contributed by atoms with Crippen LogP contribution in [0.1, 0.15) is 25.5 Å². The summed E-state index contributed by atoms with van der Waals surface area (Å²) < 4.78 is 1.87. The monoisotopic (exact) mass is 222 g/mol. The summed E-state index contributed by atoms with van der Waals surface area (Å²) in [6.07, 6.45) is 4.46. The highest BCUT2D eigenvalue weighted by molar-refractivity contribution is 4.98. The SMILES string of the molecule is CC(N)C1CCN(Cc2ccn(C)n2)CC1. The molecule has 1 saturated heterocycles. The molecule has 0 aliphatic carbocycles. The number of nitrogens with zero attached hydrogens (tertiary/aromatic N) is 3. The van der Waals surface area contributed by atoms with Crippen LogP contribution in [-0.2, 0) is 13.6 Å². The molecule has 1 aliphatic heterocycles. The van der Waals surface area contributed by atoms with Crippen molar-refractivity contribution in [3.63, 3.8) is 0 Å². The first-order valence-electron chi connectivity index (χ1n) is 6.11. The van der Waals surface area contributed by atoms with E-state index in [0.29, 0.717) is 12.0 Å². The lowest BCUT2D eigenvalue weighted by Gasteiger charge is -2.33. The van der Waals surface area contributed by atoms with Crippen LogP contribution < -0.4 is 5.73 Å². The third-order valence-electron chi connectivity index (χ3n) is 3.53. The van der Waals surface area contributed by atoms with Gasteiger partial charge in [0.2, 0.25) is 0 Å². The van der Waals surface area contributed by atoms with Gasteiger partial charge in [0.05, 0.1) is 5.69 Å². The zero-order chi connectivity index (χ0) is 11.5. The minimum Gasteiger partial charge on any atom is -0.328 e. The van der Waals surface area contributed by atoms with Gasteiger partial charge in [0, 0.05) is 25.8 Å². The van der Waals surface area contributed by atoms with E-state index in [1.807, 2.05) is 17.9 Å². The second-order valence-electron chi connectivity index (χ2n) is 4.95. The summed E-state index contributed by atoms with van der Waals surface area (Å²) in [5.41, 5.74) is 7.10. The van der Waals surface area contributed by atoms with Crippen molar-refractivity contribution in [2.45, 2.75) is 32.4 Å². The van der Waals surface area contributed by atoms with Crippen LogP contribution in [0.2, 0.25) is 0 Å². The van der Waals surface area contributed by atoms with Gasteiger partial charge in [0.1, 0.15) is 0 Å². The molecule has 0 amide bonds. The first-order valence-corrected chi connectivity index (χ1v) is 6.11. The van der Waals surface area contributed by atoms with E-state index in [9.17, 15) is 0 Å². The number of aromatic nitrogens is 2. The third kappa shape index (κ3) is 2.83. The number of aryl methyl sites for hydroxylation is 1. The van der Waals surface area contributed by atoms with E-state index in [1.54, 1.807) is 0 Å². The molecule has 2 heterocycles. The van der Waals surface area contributed by atoms with Crippen molar-refractivity contribution in [1.82, 2.24) is 14.7 Å². The number of nitrogens with two attached hydrogens (primary N) is 1. The predicted octanol–water partition coefficient (Wildman–Crippen LogP) is 0.979. The van der Waals surface area contributed by atoms with Gasteiger partial charge >= 0.3 is 0 Å². The molecule has 0 spiro atoms. The minimum absolute atomic E-state index is 0.344. The molecule has 1 aliphatic rings. The van der Waals surface area contributed by atoms with Gasteiger partial charge in [-0.3, -0.25) is 9.58 Å². The molecule has 1 aromatic rings. The van der Waals surface area contributed by atoms with Crippen molar-refractivity contribution in [3.05, 3.63) is 18.0 Å². The molecule has 0 saturated carbocycles. The van der Waals surface area contributed by atoms with Gasteiger partial charge in [-0.15, -0.1) is 0 Å². The molecule has 4 heteroatoms. The van der Waals surface area contributed by atoms with E-state index < -0.39 is 0 Å². The average Bonchev–Trinajstić information content (AvgIpc) is 2.65. The molecule has 0 radical (unpaired) electrons. The Labute approximate surface area is 97.4 Å². The highest BCUT2D eigenvalue weighted by atomic mass is 15.3. The van der Waals surface area contributed by atoms with Gasteiger partial charge in [-0.2, -0.15) is 5.10 Å². The van der Waals surface area contributed by atoms with Crippen molar-refractivity contribution in [2.24, 2.45) is 18.7 Å². The molecule has 1 aromatic heterocycles. The largest absolute Gasteiger partial charge is 0.328 e. The fourth-order valence-corrected chi connectivity index (χ4v) is 2.41. The highest BCUT2D eigenvalue weighted by Crippen LogP contribution is 2.20. The Balaban J connectivity index is 1.81. The van der Waals surface area contributed by atoms with Gasteiger partial charge in [0.25, 0.3) is 0 Å². The Hall–Kier alpha value is -0.870. The number of rotatable bonds is 3. The summed E-state index contributed by atoms with van der Waals surface area (Å²) in [7, 11) is 1.96. The molecule has 2 rings (SSSR count). The maximum absolute atomic E-state index is 5.93. The number of piperidine rings is 1. The van der Waals surface area contributed by atoms with Crippen LogP contribution >= 0.6 is 0 Å². The second-order valence-corrected chi connectivity index (χ2v) is 4.95. The smallest absolute Gasteiger partial charge is 0.0764 e. The zero-order valence-electron chi connectivity index (χ0n) is 10.3. The fraction of sp³-hybridized carbons (Fsp3) is 0.750. The summed E-state index contributed by atoms with van der Waals surface area (Å²) in [6, 6.07) is 2.44. The van der Waals surface area contributed by atoms with E-state index >= 15 is 0 Å². The van der Waals surface area contributed by atoms with Crippen LogP contribution in [0.5, 0.6) is 0 Å². The van der Waals surface area contributed by atoms with Crippen LogP contribution in [0.3, 0.4) is 0 Å². The zero-order valence-corrected chi connectivity index (χ0v) is 10.3. The minimum atomic E-state index is 0.344. The fourth-order valence-electron chi connectivity index (χ4n) is 2.41. The van der Waals surface area contributed by atoms with E-state index in [1.165, 1.54) is 18.5 Å². The van der Waals surface area contributed by atoms with Crippen LogP contribution in [0.25, 0.3) is 0 Å². The Morgan fingerprint density at radius 1 is 1.50 bits per heavy atom. The van der Waals surface area contributed by atoms with Crippen molar-refractivity contribution in [1.29, 1.82) is 0 Å². The molecule has 0 bridgehead atoms. The van der Waals surface area contributed by atoms with Crippen LogP contribution in [0.4, 0.5) is 0 Å². The summed E-state index contributed by atoms with van der Waals surface area (Å²) in [6.45, 7) is 5.41. The molecule has 90 valence electrons. The molecule has 1 fully saturated rings. The van der Waals surface area contributed by atoms with Gasteiger partial charge in [-0.1, -0.05) is 0 Å². The van der Waals surface area contributed by atoms with E-state index in [4.69, 9.17) is 5.73 Å². The van der Waals surface area contributed by atoms with Gasteiger partial charge in [0.15, 0.2) is 0 Å². The summed E-state index contributed by atoms with van der Waals surface area (Å²) in [4.78, 5) is 2.47. The molecule has 1 unspecified atom stereocenters. The standard InChI is InChI=1S/C12H22N4/c1-10(13)11-3-7-16(8-4-11)9-12-5-6-15(2)14-12/h5-6,10-11H,3-4,7-9,13H2,1-2H3. The molecule has 16 heavy (non-hydrogen) atoms. The van der Waals surface area contributed by atoms with Crippen LogP contribution in [-0.4, -0.2) is 33.8 Å². The maximum Gasteiger partial charge on any atom is 0.0764 e. The number of hydrogen-bond acceptors (Lipinski definition) is 3. The maximum atomic E-state index is 5.93. The normalized spacial score (nSPS) is 21.2. The van der Waals surface area contributed by atoms with Gasteiger partial charge in [-0.25, -0.2) is 0 Å². The van der Waals surface area contributed by atoms with E-state index in [2.05, 4.69) is 23.0 Å². The molecular weight excluding hydrogens is 200 g/mol. The van der Waals surface area contributed by atoms with Gasteiger partial charge in [-0.05, 0) is 44.8 Å². The molecule has 1 atom stereocenters. The first-order chi connectivity index (χ1) is 7.65. The van der Waals surface area contributed by atoms with Crippen molar-refractivity contribution in [3.8, 4) is 0 Å². The summed E-state index contributed by atoms with van der Waals surface area (Å²) in [5, 5.41) is 4.41. The Kier molecular flexibility index (Phi) is 3.61. The topological polar surface area (TPSA) is 47.1 Å². The Morgan fingerprint density at radius 2 is 2.19 bits per heavy atom. The predicted molar refractivity (Wildman–Crippen MR) is 64.9 cm³/mol. The lowest BCUT2D eigenvalue weighted by molar-refractivity contribution is 0.164. The van der Waals surface area contributed by atoms with Crippen molar-refractivity contribution in [2.75, 3.05) is 13.1 Å². The van der Waals surface area contributed by atoms with Crippen molar-refractivity contribution >= 4 is 0 Å². The van der Waals surface area contributed by atoms with Crippen LogP contribution in [0, 0.1) is 5.92 Å². The number of likely N-dealkylation sites (tertiary alicyclic amines) is 1. The quantitative estimate of drug-likeness (QED) is 0.829. The Bertz CT molecular complexity index is 324. The highest BCUT2D eigenvalue weighted by Gasteiger charge is 2.21. The van der Waals surface area contributed by atoms with Gasteiger partial charge < -0.3 is 5.73 Å². The molecular formula is C12H22N4. The second kappa shape index (κ2) is 4.97. The third-order valence-corrected chi connectivity index (χ3v) is 3.53. The lowest BCUT2D eigenvalue weighted by atomic mass is 9.91. The average molecular weight is 222 g/mol. The molecule has 2 N–H and O–H groups in total. The van der Waals surface area contributed by atoms with Crippen molar-refractivity contribution < 1.29 is 0 Å². The Morgan fingerprint density at radius 3 is 2.69 bits per heavy atom. The molecule has 0 aromatic carbocycles. The lowest BCUT2D eigenvalue weighted by Crippen LogP contribution is -2.39.